The largest absolute Gasteiger partial charge is 0.467 e. The van der Waals surface area contributed by atoms with E-state index in [0.717, 1.165) is 31.2 Å². The molecule has 1 amide bonds. The normalized spacial score (nSPS) is 15.6. The van der Waals surface area contributed by atoms with Gasteiger partial charge in [0.25, 0.3) is 5.91 Å². The quantitative estimate of drug-likeness (QED) is 0.668. The molecule has 0 bridgehead atoms. The topological polar surface area (TPSA) is 94.6 Å². The Morgan fingerprint density at radius 3 is 2.68 bits per heavy atom. The van der Waals surface area contributed by atoms with Gasteiger partial charge in [-0.15, -0.1) is 5.10 Å². The summed E-state index contributed by atoms with van der Waals surface area (Å²) in [5.74, 6) is 1.98. The number of rotatable bonds is 5. The minimum Gasteiger partial charge on any atom is -0.467 e. The van der Waals surface area contributed by atoms with E-state index in [1.54, 1.807) is 23.1 Å². The summed E-state index contributed by atoms with van der Waals surface area (Å²) in [6, 6.07) is 7.18. The number of nitrogens with one attached hydrogen (secondary N) is 1. The zero-order chi connectivity index (χ0) is 17.1. The van der Waals surface area contributed by atoms with Gasteiger partial charge in [-0.1, -0.05) is 0 Å². The molecule has 3 aromatic heterocycles. The molecule has 0 atom stereocenters. The summed E-state index contributed by atoms with van der Waals surface area (Å²) in [5, 5.41) is 11.9. The third-order valence-corrected chi connectivity index (χ3v) is 4.39. The van der Waals surface area contributed by atoms with Crippen LogP contribution < -0.4 is 4.90 Å². The summed E-state index contributed by atoms with van der Waals surface area (Å²) >= 11 is 0. The molecular weight excluding hydrogens is 324 g/mol. The molecule has 130 valence electrons. The van der Waals surface area contributed by atoms with Gasteiger partial charge in [-0.05, 0) is 34.7 Å². The number of nitrogens with zero attached hydrogens (tertiary/aromatic N) is 5. The van der Waals surface area contributed by atoms with Crippen LogP contribution >= 0.6 is 0 Å². The average Bonchev–Trinajstić information content (AvgIpc) is 3.39. The fourth-order valence-corrected chi connectivity index (χ4v) is 3.01. The maximum Gasteiger partial charge on any atom is 0.289 e. The molecular formula is C16H19N6O3+. The van der Waals surface area contributed by atoms with E-state index in [-0.39, 0.29) is 5.91 Å². The van der Waals surface area contributed by atoms with E-state index in [4.69, 9.17) is 8.83 Å². The molecule has 0 spiro atoms. The first-order valence-electron chi connectivity index (χ1n) is 8.23. The number of hydrogen-bond acceptors (Lipinski definition) is 6. The molecule has 4 rings (SSSR count). The van der Waals surface area contributed by atoms with Gasteiger partial charge in [0, 0.05) is 0 Å². The van der Waals surface area contributed by atoms with E-state index < -0.39 is 0 Å². The number of amides is 1. The minimum atomic E-state index is -0.0493. The summed E-state index contributed by atoms with van der Waals surface area (Å²) < 4.78 is 12.3. The Morgan fingerprint density at radius 2 is 1.96 bits per heavy atom. The Balaban J connectivity index is 1.33. The average molecular weight is 343 g/mol. The molecule has 9 nitrogen and oxygen atoms in total. The third kappa shape index (κ3) is 3.45. The second kappa shape index (κ2) is 6.89. The van der Waals surface area contributed by atoms with Crippen LogP contribution in [-0.4, -0.2) is 57.2 Å². The summed E-state index contributed by atoms with van der Waals surface area (Å²) in [4.78, 5) is 15.5. The predicted octanol–water partition coefficient (Wildman–Crippen LogP) is -0.552. The summed E-state index contributed by atoms with van der Waals surface area (Å²) in [6.45, 7) is 4.31. The Bertz CT molecular complexity index is 803. The molecule has 3 aromatic rings. The van der Waals surface area contributed by atoms with Crippen molar-refractivity contribution in [1.82, 2.24) is 25.1 Å². The number of carbonyl (C=O) groups is 1. The Hall–Kier alpha value is -2.94. The van der Waals surface area contributed by atoms with Gasteiger partial charge in [0.1, 0.15) is 18.8 Å². The monoisotopic (exact) mass is 343 g/mol. The van der Waals surface area contributed by atoms with Crippen molar-refractivity contribution in [2.24, 2.45) is 0 Å². The lowest BCUT2D eigenvalue weighted by atomic mass is 10.3. The van der Waals surface area contributed by atoms with Crippen LogP contribution in [0.5, 0.6) is 0 Å². The highest BCUT2D eigenvalue weighted by atomic mass is 16.3. The number of aromatic nitrogens is 4. The summed E-state index contributed by atoms with van der Waals surface area (Å²) in [7, 11) is 0. The van der Waals surface area contributed by atoms with E-state index in [0.29, 0.717) is 25.4 Å². The van der Waals surface area contributed by atoms with Crippen molar-refractivity contribution in [3.8, 4) is 0 Å². The first-order valence-corrected chi connectivity index (χ1v) is 8.23. The van der Waals surface area contributed by atoms with Crippen LogP contribution in [0.4, 0.5) is 0 Å². The molecule has 0 aliphatic carbocycles. The van der Waals surface area contributed by atoms with Crippen molar-refractivity contribution in [2.45, 2.75) is 13.1 Å². The molecule has 0 saturated carbocycles. The van der Waals surface area contributed by atoms with Crippen LogP contribution in [0.25, 0.3) is 0 Å². The van der Waals surface area contributed by atoms with Gasteiger partial charge >= 0.3 is 0 Å². The van der Waals surface area contributed by atoms with Gasteiger partial charge in [0.2, 0.25) is 5.82 Å². The van der Waals surface area contributed by atoms with Crippen molar-refractivity contribution in [1.29, 1.82) is 0 Å². The van der Waals surface area contributed by atoms with E-state index in [2.05, 4.69) is 15.5 Å². The fourth-order valence-electron chi connectivity index (χ4n) is 3.01. The molecule has 1 N–H and O–H groups in total. The first kappa shape index (κ1) is 15.6. The van der Waals surface area contributed by atoms with Crippen molar-refractivity contribution in [2.75, 3.05) is 26.2 Å². The second-order valence-electron chi connectivity index (χ2n) is 6.03. The highest BCUT2D eigenvalue weighted by molar-refractivity contribution is 5.91. The van der Waals surface area contributed by atoms with Crippen LogP contribution in [0.3, 0.4) is 0 Å². The van der Waals surface area contributed by atoms with Gasteiger partial charge in [-0.2, -0.15) is 0 Å². The Morgan fingerprint density at radius 1 is 1.16 bits per heavy atom. The lowest BCUT2D eigenvalue weighted by Gasteiger charge is -2.31. The molecule has 25 heavy (non-hydrogen) atoms. The van der Waals surface area contributed by atoms with Gasteiger partial charge in [-0.3, -0.25) is 4.79 Å². The van der Waals surface area contributed by atoms with Crippen LogP contribution in [0, 0.1) is 0 Å². The van der Waals surface area contributed by atoms with Gasteiger partial charge in [0.05, 0.1) is 38.7 Å². The number of quaternary nitrogens is 1. The zero-order valence-electron chi connectivity index (χ0n) is 13.7. The molecule has 0 aromatic carbocycles. The first-order chi connectivity index (χ1) is 12.3. The SMILES string of the molecule is O=C(c1ccco1)N1CC[NH+](Cc2nnnn2Cc2ccco2)CC1. The maximum atomic E-state index is 12.3. The molecule has 1 aliphatic heterocycles. The number of carbonyl (C=O) groups excluding carboxylic acids is 1. The number of piperazine rings is 1. The smallest absolute Gasteiger partial charge is 0.289 e. The lowest BCUT2D eigenvalue weighted by molar-refractivity contribution is -0.918. The van der Waals surface area contributed by atoms with Crippen molar-refractivity contribution in [3.63, 3.8) is 0 Å². The summed E-state index contributed by atoms with van der Waals surface area (Å²) in [6.07, 6.45) is 3.16. The standard InChI is InChI=1S/C16H18N6O3/c23-16(14-4-2-10-25-14)21-7-5-20(6-8-21)12-15-17-18-19-22(15)11-13-3-1-9-24-13/h1-4,9-10H,5-8,11-12H2/p+1. The highest BCUT2D eigenvalue weighted by Gasteiger charge is 2.27. The van der Waals surface area contributed by atoms with E-state index in [9.17, 15) is 4.79 Å². The van der Waals surface area contributed by atoms with E-state index >= 15 is 0 Å². The second-order valence-corrected chi connectivity index (χ2v) is 6.03. The van der Waals surface area contributed by atoms with Crippen molar-refractivity contribution < 1.29 is 18.5 Å². The molecule has 0 unspecified atom stereocenters. The highest BCUT2D eigenvalue weighted by Crippen LogP contribution is 2.06. The molecule has 1 saturated heterocycles. The Labute approximate surface area is 143 Å². The number of hydrogen-bond donors (Lipinski definition) is 1. The van der Waals surface area contributed by atoms with Crippen molar-refractivity contribution in [3.05, 3.63) is 54.1 Å². The van der Waals surface area contributed by atoms with Gasteiger partial charge in [0.15, 0.2) is 5.76 Å². The predicted molar refractivity (Wildman–Crippen MR) is 84.6 cm³/mol. The minimum absolute atomic E-state index is 0.0493. The van der Waals surface area contributed by atoms with E-state index in [1.165, 1.54) is 11.2 Å². The maximum absolute atomic E-state index is 12.3. The number of tetrazole rings is 1. The molecule has 9 heteroatoms. The van der Waals surface area contributed by atoms with Crippen LogP contribution in [-0.2, 0) is 13.1 Å². The number of furan rings is 2. The van der Waals surface area contributed by atoms with Crippen LogP contribution in [0.15, 0.2) is 45.6 Å². The molecule has 1 aliphatic rings. The third-order valence-electron chi connectivity index (χ3n) is 4.39. The lowest BCUT2D eigenvalue weighted by Crippen LogP contribution is -3.13. The van der Waals surface area contributed by atoms with Crippen LogP contribution in [0.1, 0.15) is 22.1 Å². The zero-order valence-corrected chi connectivity index (χ0v) is 13.7. The Kier molecular flexibility index (Phi) is 4.30. The molecule has 4 heterocycles. The van der Waals surface area contributed by atoms with Gasteiger partial charge in [-0.25, -0.2) is 4.68 Å². The van der Waals surface area contributed by atoms with Gasteiger partial charge < -0.3 is 18.6 Å². The molecule has 0 radical (unpaired) electrons. The summed E-state index contributed by atoms with van der Waals surface area (Å²) in [5.41, 5.74) is 0. The molecule has 1 fully saturated rings. The van der Waals surface area contributed by atoms with Crippen molar-refractivity contribution >= 4 is 5.91 Å². The van der Waals surface area contributed by atoms with E-state index in [1.807, 2.05) is 17.0 Å². The fraction of sp³-hybridized carbons (Fsp3) is 0.375. The van der Waals surface area contributed by atoms with Crippen LogP contribution in [0.2, 0.25) is 0 Å².